The van der Waals surface area contributed by atoms with Crippen LogP contribution < -0.4 is 0 Å². The van der Waals surface area contributed by atoms with Crippen LogP contribution in [-0.2, 0) is 9.59 Å². The zero-order valence-corrected chi connectivity index (χ0v) is 15.1. The normalized spacial score (nSPS) is 12.8. The summed E-state index contributed by atoms with van der Waals surface area (Å²) in [5.74, 6) is -0.676. The van der Waals surface area contributed by atoms with Crippen LogP contribution in [0.15, 0.2) is 72.9 Å². The largest absolute Gasteiger partial charge is 0.481 e. The van der Waals surface area contributed by atoms with Gasteiger partial charge in [-0.3, -0.25) is 9.59 Å². The van der Waals surface area contributed by atoms with Gasteiger partial charge >= 0.3 is 5.97 Å². The summed E-state index contributed by atoms with van der Waals surface area (Å²) in [6.07, 6.45) is 28.0. The van der Waals surface area contributed by atoms with Crippen molar-refractivity contribution >= 4 is 11.8 Å². The van der Waals surface area contributed by atoms with E-state index in [1.165, 1.54) is 0 Å². The summed E-state index contributed by atoms with van der Waals surface area (Å²) in [5.41, 5.74) is 0. The number of carboxylic acid groups (broad SMARTS) is 1. The molecule has 0 bridgehead atoms. The highest BCUT2D eigenvalue weighted by atomic mass is 16.4. The fourth-order valence-electron chi connectivity index (χ4n) is 1.80. The van der Waals surface area contributed by atoms with Crippen LogP contribution in [0.1, 0.15) is 51.9 Å². The molecule has 0 unspecified atom stereocenters. The number of ketones is 1. The first kappa shape index (κ1) is 22.6. The van der Waals surface area contributed by atoms with Gasteiger partial charge in [0.2, 0.25) is 0 Å². The summed E-state index contributed by atoms with van der Waals surface area (Å²) in [6, 6.07) is 0. The first-order chi connectivity index (χ1) is 12.2. The molecule has 0 aromatic carbocycles. The van der Waals surface area contributed by atoms with E-state index in [0.29, 0.717) is 12.8 Å². The Labute approximate surface area is 151 Å². The molecule has 0 fully saturated rings. The molecule has 0 aliphatic rings. The van der Waals surface area contributed by atoms with Gasteiger partial charge in [-0.15, -0.1) is 0 Å². The van der Waals surface area contributed by atoms with Crippen LogP contribution in [0.2, 0.25) is 0 Å². The Bertz CT molecular complexity index is 531. The number of carbonyl (C=O) groups excluding carboxylic acids is 1. The van der Waals surface area contributed by atoms with Crippen LogP contribution in [-0.4, -0.2) is 16.9 Å². The van der Waals surface area contributed by atoms with Crippen molar-refractivity contribution in [1.82, 2.24) is 0 Å². The van der Waals surface area contributed by atoms with Gasteiger partial charge in [0.05, 0.1) is 0 Å². The molecule has 25 heavy (non-hydrogen) atoms. The van der Waals surface area contributed by atoms with E-state index >= 15 is 0 Å². The highest BCUT2D eigenvalue weighted by molar-refractivity contribution is 5.90. The molecule has 0 atom stereocenters. The first-order valence-electron chi connectivity index (χ1n) is 8.84. The standard InChI is InChI=1S/C22H30O3/c1-2-3-4-5-9-12-15-18-21(23)19-16-13-10-7-6-8-11-14-17-20-22(24)25/h3-4,6-7,9,11-16,18H,2,5,8,10,17,19-20H2,1H3,(H,24,25)/b4-3-,7-6-,12-9-,14-11-,16-13-,18-15?. The number of carboxylic acids is 1. The maximum absolute atomic E-state index is 11.6. The summed E-state index contributed by atoms with van der Waals surface area (Å²) >= 11 is 0. The van der Waals surface area contributed by atoms with Crippen LogP contribution in [0.5, 0.6) is 0 Å². The molecule has 136 valence electrons. The molecule has 0 saturated carbocycles. The van der Waals surface area contributed by atoms with Crippen LogP contribution >= 0.6 is 0 Å². The van der Waals surface area contributed by atoms with Crippen molar-refractivity contribution in [3.63, 3.8) is 0 Å². The van der Waals surface area contributed by atoms with E-state index in [2.05, 4.69) is 19.1 Å². The number of allylic oxidation sites excluding steroid dienone is 12. The third-order valence-electron chi connectivity index (χ3n) is 3.09. The quantitative estimate of drug-likeness (QED) is 0.249. The lowest BCUT2D eigenvalue weighted by atomic mass is 10.2. The second kappa shape index (κ2) is 17.9. The molecule has 3 heteroatoms. The zero-order valence-electron chi connectivity index (χ0n) is 15.1. The lowest BCUT2D eigenvalue weighted by Gasteiger charge is -1.88. The summed E-state index contributed by atoms with van der Waals surface area (Å²) in [5, 5.41) is 8.49. The monoisotopic (exact) mass is 342 g/mol. The minimum Gasteiger partial charge on any atom is -0.481 e. The number of aliphatic carboxylic acids is 1. The molecule has 0 aliphatic carbocycles. The lowest BCUT2D eigenvalue weighted by molar-refractivity contribution is -0.136. The van der Waals surface area contributed by atoms with Crippen LogP contribution in [0.25, 0.3) is 0 Å². The number of rotatable bonds is 14. The van der Waals surface area contributed by atoms with E-state index in [1.54, 1.807) is 12.2 Å². The highest BCUT2D eigenvalue weighted by Crippen LogP contribution is 1.97. The summed E-state index contributed by atoms with van der Waals surface area (Å²) < 4.78 is 0. The second-order valence-electron chi connectivity index (χ2n) is 5.39. The van der Waals surface area contributed by atoms with Gasteiger partial charge in [0.1, 0.15) is 0 Å². The average molecular weight is 342 g/mol. The Hall–Kier alpha value is -2.42. The van der Waals surface area contributed by atoms with Gasteiger partial charge in [-0.2, -0.15) is 0 Å². The molecule has 0 aliphatic heterocycles. The molecule has 0 spiro atoms. The van der Waals surface area contributed by atoms with Crippen LogP contribution in [0.4, 0.5) is 0 Å². The van der Waals surface area contributed by atoms with Crippen molar-refractivity contribution in [3.05, 3.63) is 72.9 Å². The third kappa shape index (κ3) is 19.5. The van der Waals surface area contributed by atoms with Crippen LogP contribution in [0.3, 0.4) is 0 Å². The van der Waals surface area contributed by atoms with Gasteiger partial charge in [0, 0.05) is 12.8 Å². The Kier molecular flexibility index (Phi) is 16.2. The molecule has 0 heterocycles. The Morgan fingerprint density at radius 3 is 2.04 bits per heavy atom. The summed E-state index contributed by atoms with van der Waals surface area (Å²) in [6.45, 7) is 2.10. The maximum atomic E-state index is 11.6. The van der Waals surface area contributed by atoms with E-state index in [4.69, 9.17) is 5.11 Å². The predicted octanol–water partition coefficient (Wildman–Crippen LogP) is 5.73. The maximum Gasteiger partial charge on any atom is 0.303 e. The molecule has 0 saturated heterocycles. The number of hydrogen-bond donors (Lipinski definition) is 1. The number of hydrogen-bond acceptors (Lipinski definition) is 2. The minimum atomic E-state index is -0.769. The van der Waals surface area contributed by atoms with Gasteiger partial charge in [0.25, 0.3) is 0 Å². The van der Waals surface area contributed by atoms with Crippen molar-refractivity contribution in [2.75, 3.05) is 0 Å². The Morgan fingerprint density at radius 2 is 1.36 bits per heavy atom. The Balaban J connectivity index is 3.72. The van der Waals surface area contributed by atoms with E-state index in [0.717, 1.165) is 25.7 Å². The Morgan fingerprint density at radius 1 is 0.760 bits per heavy atom. The molecular formula is C22H30O3. The predicted molar refractivity (Wildman–Crippen MR) is 105 cm³/mol. The smallest absolute Gasteiger partial charge is 0.303 e. The van der Waals surface area contributed by atoms with Crippen molar-refractivity contribution in [3.8, 4) is 0 Å². The van der Waals surface area contributed by atoms with Gasteiger partial charge in [-0.25, -0.2) is 0 Å². The van der Waals surface area contributed by atoms with Crippen molar-refractivity contribution in [1.29, 1.82) is 0 Å². The molecular weight excluding hydrogens is 312 g/mol. The summed E-state index contributed by atoms with van der Waals surface area (Å²) in [7, 11) is 0. The van der Waals surface area contributed by atoms with Gasteiger partial charge in [-0.1, -0.05) is 73.8 Å². The third-order valence-corrected chi connectivity index (χ3v) is 3.09. The fourth-order valence-corrected chi connectivity index (χ4v) is 1.80. The molecule has 0 aromatic heterocycles. The molecule has 0 rings (SSSR count). The van der Waals surface area contributed by atoms with E-state index in [-0.39, 0.29) is 12.2 Å². The topological polar surface area (TPSA) is 54.4 Å². The molecule has 0 radical (unpaired) electrons. The van der Waals surface area contributed by atoms with Gasteiger partial charge < -0.3 is 5.11 Å². The zero-order chi connectivity index (χ0) is 18.6. The van der Waals surface area contributed by atoms with Crippen molar-refractivity contribution in [2.45, 2.75) is 51.9 Å². The van der Waals surface area contributed by atoms with Crippen molar-refractivity contribution in [2.24, 2.45) is 0 Å². The molecule has 3 nitrogen and oxygen atoms in total. The molecule has 0 aromatic rings. The highest BCUT2D eigenvalue weighted by Gasteiger charge is 1.91. The lowest BCUT2D eigenvalue weighted by Crippen LogP contribution is -1.91. The minimum absolute atomic E-state index is 0.0929. The second-order valence-corrected chi connectivity index (χ2v) is 5.39. The van der Waals surface area contributed by atoms with E-state index in [1.807, 2.05) is 48.6 Å². The summed E-state index contributed by atoms with van der Waals surface area (Å²) in [4.78, 5) is 21.9. The molecule has 1 N–H and O–H groups in total. The number of carbonyl (C=O) groups is 2. The SMILES string of the molecule is CC/C=C\C/C=C\C=CC(=O)C/C=C\C/C=C\C/C=C\CCC(=O)O. The first-order valence-corrected chi connectivity index (χ1v) is 8.84. The van der Waals surface area contributed by atoms with Crippen molar-refractivity contribution < 1.29 is 14.7 Å². The molecule has 0 amide bonds. The average Bonchev–Trinajstić information content (AvgIpc) is 2.58. The van der Waals surface area contributed by atoms with E-state index < -0.39 is 5.97 Å². The van der Waals surface area contributed by atoms with Gasteiger partial charge in [0.15, 0.2) is 5.78 Å². The van der Waals surface area contributed by atoms with Gasteiger partial charge in [-0.05, 0) is 38.2 Å². The van der Waals surface area contributed by atoms with E-state index in [9.17, 15) is 9.59 Å². The fraction of sp³-hybridized carbons (Fsp3) is 0.364. The van der Waals surface area contributed by atoms with Crippen LogP contribution in [0, 0.1) is 0 Å².